The number of carboxylic acid groups (broad SMARTS) is 1. The van der Waals surface area contributed by atoms with Gasteiger partial charge in [0.25, 0.3) is 10.0 Å². The van der Waals surface area contributed by atoms with Crippen LogP contribution < -0.4 is 4.72 Å². The number of rotatable bonds is 4. The van der Waals surface area contributed by atoms with Crippen molar-refractivity contribution in [2.75, 3.05) is 4.72 Å². The second kappa shape index (κ2) is 6.39. The number of halogens is 2. The zero-order valence-corrected chi connectivity index (χ0v) is 14.6. The largest absolute Gasteiger partial charge is 0.478 e. The van der Waals surface area contributed by atoms with Gasteiger partial charge >= 0.3 is 5.97 Å². The Balaban J connectivity index is 2.53. The highest BCUT2D eigenvalue weighted by atomic mass is 35.5. The van der Waals surface area contributed by atoms with E-state index >= 15 is 0 Å². The molecule has 0 radical (unpaired) electrons. The summed E-state index contributed by atoms with van der Waals surface area (Å²) < 4.78 is 27.6. The zero-order valence-electron chi connectivity index (χ0n) is 12.2. The van der Waals surface area contributed by atoms with Crippen LogP contribution in [-0.2, 0) is 10.0 Å². The second-order valence-electron chi connectivity index (χ2n) is 4.93. The van der Waals surface area contributed by atoms with Crippen LogP contribution in [-0.4, -0.2) is 19.5 Å². The smallest absolute Gasteiger partial charge is 0.335 e. The van der Waals surface area contributed by atoms with Gasteiger partial charge in [-0.1, -0.05) is 29.3 Å². The number of anilines is 1. The molecule has 0 fully saturated rings. The van der Waals surface area contributed by atoms with Gasteiger partial charge in [0.2, 0.25) is 0 Å². The summed E-state index contributed by atoms with van der Waals surface area (Å²) in [5.41, 5.74) is 0.944. The summed E-state index contributed by atoms with van der Waals surface area (Å²) in [5.74, 6) is -1.15. The van der Waals surface area contributed by atoms with Gasteiger partial charge in [-0.25, -0.2) is 13.2 Å². The predicted octanol–water partition coefficient (Wildman–Crippen LogP) is 4.11. The molecule has 0 saturated heterocycles. The number of sulfonamides is 1. The molecule has 8 heteroatoms. The van der Waals surface area contributed by atoms with Crippen LogP contribution in [0, 0.1) is 13.8 Å². The van der Waals surface area contributed by atoms with E-state index in [1.165, 1.54) is 24.3 Å². The Morgan fingerprint density at radius 3 is 2.43 bits per heavy atom. The van der Waals surface area contributed by atoms with E-state index < -0.39 is 16.0 Å². The van der Waals surface area contributed by atoms with Crippen LogP contribution in [0.3, 0.4) is 0 Å². The normalized spacial score (nSPS) is 11.3. The molecule has 0 saturated carbocycles. The lowest BCUT2D eigenvalue weighted by molar-refractivity contribution is 0.0697. The number of aromatic carboxylic acids is 1. The van der Waals surface area contributed by atoms with Gasteiger partial charge in [-0.3, -0.25) is 4.72 Å². The minimum atomic E-state index is -4.02. The van der Waals surface area contributed by atoms with Crippen LogP contribution >= 0.6 is 23.2 Å². The van der Waals surface area contributed by atoms with Crippen molar-refractivity contribution in [3.05, 3.63) is 57.1 Å². The van der Waals surface area contributed by atoms with Crippen LogP contribution in [0.2, 0.25) is 10.0 Å². The molecule has 23 heavy (non-hydrogen) atoms. The standard InChI is InChI=1S/C15H13Cl2NO4S/c1-8-6-12(16)9(2)14(13(8)17)23(21,22)18-11-5-3-4-10(7-11)15(19)20/h3-7,18H,1-2H3,(H,19,20). The maximum absolute atomic E-state index is 12.6. The maximum Gasteiger partial charge on any atom is 0.335 e. The van der Waals surface area contributed by atoms with E-state index in [0.717, 1.165) is 0 Å². The molecule has 0 unspecified atom stereocenters. The topological polar surface area (TPSA) is 83.5 Å². The lowest BCUT2D eigenvalue weighted by atomic mass is 10.2. The fraction of sp³-hybridized carbons (Fsp3) is 0.133. The third-order valence-electron chi connectivity index (χ3n) is 3.22. The molecular weight excluding hydrogens is 361 g/mol. The third kappa shape index (κ3) is 3.60. The van der Waals surface area contributed by atoms with E-state index in [-0.39, 0.29) is 26.2 Å². The molecule has 0 amide bonds. The third-order valence-corrected chi connectivity index (χ3v) is 5.76. The molecule has 5 nitrogen and oxygen atoms in total. The molecule has 0 aliphatic heterocycles. The van der Waals surface area contributed by atoms with Gasteiger partial charge in [-0.2, -0.15) is 0 Å². The quantitative estimate of drug-likeness (QED) is 0.844. The molecule has 2 aromatic carbocycles. The van der Waals surface area contributed by atoms with Crippen LogP contribution in [0.25, 0.3) is 0 Å². The Kier molecular flexibility index (Phi) is 4.89. The molecule has 2 rings (SSSR count). The Bertz CT molecular complexity index is 868. The number of carboxylic acids is 1. The van der Waals surface area contributed by atoms with Crippen molar-refractivity contribution in [3.63, 3.8) is 0 Å². The van der Waals surface area contributed by atoms with Crippen molar-refractivity contribution < 1.29 is 18.3 Å². The fourth-order valence-corrected chi connectivity index (χ4v) is 4.32. The van der Waals surface area contributed by atoms with Crippen LogP contribution in [0.5, 0.6) is 0 Å². The lowest BCUT2D eigenvalue weighted by Gasteiger charge is -2.15. The first-order chi connectivity index (χ1) is 10.6. The van der Waals surface area contributed by atoms with Gasteiger partial charge in [-0.15, -0.1) is 0 Å². The molecule has 2 aromatic rings. The summed E-state index contributed by atoms with van der Waals surface area (Å²) in [5, 5.41) is 9.33. The Morgan fingerprint density at radius 1 is 1.17 bits per heavy atom. The summed E-state index contributed by atoms with van der Waals surface area (Å²) in [6.07, 6.45) is 0. The molecule has 122 valence electrons. The maximum atomic E-state index is 12.6. The summed E-state index contributed by atoms with van der Waals surface area (Å²) in [4.78, 5) is 10.9. The molecule has 0 spiro atoms. The highest BCUT2D eigenvalue weighted by Crippen LogP contribution is 2.34. The van der Waals surface area contributed by atoms with Gasteiger partial charge < -0.3 is 5.11 Å². The molecular formula is C15H13Cl2NO4S. The lowest BCUT2D eigenvalue weighted by Crippen LogP contribution is -2.16. The van der Waals surface area contributed by atoms with Crippen molar-refractivity contribution in [3.8, 4) is 0 Å². The Hall–Kier alpha value is -1.76. The van der Waals surface area contributed by atoms with E-state index in [9.17, 15) is 13.2 Å². The predicted molar refractivity (Wildman–Crippen MR) is 90.1 cm³/mol. The van der Waals surface area contributed by atoms with Crippen LogP contribution in [0.4, 0.5) is 5.69 Å². The minimum absolute atomic E-state index is 0.0321. The second-order valence-corrected chi connectivity index (χ2v) is 7.34. The molecule has 2 N–H and O–H groups in total. The Morgan fingerprint density at radius 2 is 1.83 bits per heavy atom. The van der Waals surface area contributed by atoms with Gasteiger partial charge in [0.15, 0.2) is 0 Å². The molecule has 0 atom stereocenters. The fourth-order valence-electron chi connectivity index (χ4n) is 2.06. The Labute approximate surface area is 143 Å². The number of hydrogen-bond donors (Lipinski definition) is 2. The number of hydrogen-bond acceptors (Lipinski definition) is 3. The molecule has 0 aliphatic rings. The van der Waals surface area contributed by atoms with Crippen molar-refractivity contribution in [1.29, 1.82) is 0 Å². The van der Waals surface area contributed by atoms with Gasteiger partial charge in [0.05, 0.1) is 10.6 Å². The number of carbonyl (C=O) groups is 1. The first-order valence-electron chi connectivity index (χ1n) is 6.45. The van der Waals surface area contributed by atoms with E-state index in [1.54, 1.807) is 19.9 Å². The van der Waals surface area contributed by atoms with E-state index in [0.29, 0.717) is 11.1 Å². The van der Waals surface area contributed by atoms with Gasteiger partial charge in [0.1, 0.15) is 4.90 Å². The van der Waals surface area contributed by atoms with E-state index in [2.05, 4.69) is 4.72 Å². The van der Waals surface area contributed by atoms with Gasteiger partial charge in [0, 0.05) is 10.7 Å². The van der Waals surface area contributed by atoms with E-state index in [1.807, 2.05) is 0 Å². The van der Waals surface area contributed by atoms with Crippen LogP contribution in [0.1, 0.15) is 21.5 Å². The summed E-state index contributed by atoms with van der Waals surface area (Å²) in [6, 6.07) is 7.06. The number of benzene rings is 2. The first-order valence-corrected chi connectivity index (χ1v) is 8.69. The van der Waals surface area contributed by atoms with E-state index in [4.69, 9.17) is 28.3 Å². The SMILES string of the molecule is Cc1cc(Cl)c(C)c(S(=O)(=O)Nc2cccc(C(=O)O)c2)c1Cl. The number of aryl methyl sites for hydroxylation is 1. The summed E-state index contributed by atoms with van der Waals surface area (Å²) in [7, 11) is -4.02. The van der Waals surface area contributed by atoms with Crippen molar-refractivity contribution in [2.24, 2.45) is 0 Å². The van der Waals surface area contributed by atoms with Crippen LogP contribution in [0.15, 0.2) is 35.2 Å². The highest BCUT2D eigenvalue weighted by Gasteiger charge is 2.24. The highest BCUT2D eigenvalue weighted by molar-refractivity contribution is 7.93. The summed E-state index contributed by atoms with van der Waals surface area (Å²) >= 11 is 12.2. The molecule has 0 heterocycles. The van der Waals surface area contributed by atoms with Gasteiger partial charge in [-0.05, 0) is 49.2 Å². The molecule has 0 aromatic heterocycles. The average Bonchev–Trinajstić information content (AvgIpc) is 2.45. The van der Waals surface area contributed by atoms with Crippen molar-refractivity contribution >= 4 is 44.9 Å². The summed E-state index contributed by atoms with van der Waals surface area (Å²) in [6.45, 7) is 3.20. The minimum Gasteiger partial charge on any atom is -0.478 e. The first kappa shape index (κ1) is 17.6. The molecule has 0 bridgehead atoms. The average molecular weight is 374 g/mol. The number of nitrogens with one attached hydrogen (secondary N) is 1. The van der Waals surface area contributed by atoms with Crippen molar-refractivity contribution in [2.45, 2.75) is 18.7 Å². The molecule has 0 aliphatic carbocycles. The van der Waals surface area contributed by atoms with Crippen molar-refractivity contribution in [1.82, 2.24) is 0 Å². The zero-order chi connectivity index (χ0) is 17.4. The monoisotopic (exact) mass is 373 g/mol.